The van der Waals surface area contributed by atoms with Crippen LogP contribution in [0.1, 0.15) is 18.7 Å². The van der Waals surface area contributed by atoms with Crippen LogP contribution in [0.2, 0.25) is 0 Å². The average Bonchev–Trinajstić information content (AvgIpc) is 3.30. The summed E-state index contributed by atoms with van der Waals surface area (Å²) < 4.78 is 12.9. The Balaban J connectivity index is 1.36. The lowest BCUT2D eigenvalue weighted by Crippen LogP contribution is -2.11. The van der Waals surface area contributed by atoms with E-state index in [0.29, 0.717) is 41.7 Å². The number of fused-ring (bicyclic) bond motifs is 2. The number of carbonyl (C=O) groups is 1. The summed E-state index contributed by atoms with van der Waals surface area (Å²) in [5.41, 5.74) is 1.47. The van der Waals surface area contributed by atoms with Gasteiger partial charge in [-0.1, -0.05) is 11.3 Å². The number of amides is 1. The Kier molecular flexibility index (Phi) is 5.02. The van der Waals surface area contributed by atoms with Crippen molar-refractivity contribution >= 4 is 38.2 Å². The van der Waals surface area contributed by atoms with Crippen LogP contribution in [0.15, 0.2) is 30.3 Å². The van der Waals surface area contributed by atoms with Gasteiger partial charge in [-0.05, 0) is 30.7 Å². The van der Waals surface area contributed by atoms with E-state index in [1.165, 1.54) is 11.3 Å². The Bertz CT molecular complexity index is 1140. The predicted molar refractivity (Wildman–Crippen MR) is 105 cm³/mol. The summed E-state index contributed by atoms with van der Waals surface area (Å²) in [6.07, 6.45) is 1.54. The van der Waals surface area contributed by atoms with Gasteiger partial charge in [-0.2, -0.15) is 4.52 Å². The third-order valence-electron chi connectivity index (χ3n) is 4.16. The zero-order valence-corrected chi connectivity index (χ0v) is 16.2. The molecule has 0 spiro atoms. The Labute approximate surface area is 164 Å². The van der Waals surface area contributed by atoms with E-state index in [2.05, 4.69) is 25.6 Å². The van der Waals surface area contributed by atoms with E-state index in [0.717, 1.165) is 16.0 Å². The molecule has 1 amide bonds. The van der Waals surface area contributed by atoms with Crippen LogP contribution in [-0.2, 0) is 11.2 Å². The highest BCUT2D eigenvalue weighted by Gasteiger charge is 2.11. The fourth-order valence-electron chi connectivity index (χ4n) is 2.76. The van der Waals surface area contributed by atoms with Crippen molar-refractivity contribution < 1.29 is 14.3 Å². The summed E-state index contributed by atoms with van der Waals surface area (Å²) in [6, 6.07) is 9.14. The number of hydrogen-bond acceptors (Lipinski definition) is 8. The number of anilines is 1. The highest BCUT2D eigenvalue weighted by molar-refractivity contribution is 7.22. The van der Waals surface area contributed by atoms with Crippen LogP contribution in [0.25, 0.3) is 15.9 Å². The summed E-state index contributed by atoms with van der Waals surface area (Å²) in [6.45, 7) is 0. The molecule has 0 fully saturated rings. The minimum Gasteiger partial charge on any atom is -0.497 e. The number of nitrogens with zero attached hydrogens (tertiary/aromatic N) is 5. The maximum atomic E-state index is 12.3. The van der Waals surface area contributed by atoms with Crippen molar-refractivity contribution in [3.63, 3.8) is 0 Å². The molecular formula is C18H18N6O3S. The first-order valence-electron chi connectivity index (χ1n) is 8.66. The second-order valence-corrected chi connectivity index (χ2v) is 7.05. The second-order valence-electron chi connectivity index (χ2n) is 6.02. The predicted octanol–water partition coefficient (Wildman–Crippen LogP) is 2.71. The van der Waals surface area contributed by atoms with Gasteiger partial charge in [0.15, 0.2) is 16.6 Å². The Hall–Kier alpha value is -3.27. The van der Waals surface area contributed by atoms with Gasteiger partial charge in [-0.3, -0.25) is 4.79 Å². The molecule has 10 heteroatoms. The highest BCUT2D eigenvalue weighted by Crippen LogP contribution is 2.29. The van der Waals surface area contributed by atoms with Crippen molar-refractivity contribution in [3.05, 3.63) is 36.2 Å². The molecule has 4 aromatic rings. The Morgan fingerprint density at radius 3 is 2.89 bits per heavy atom. The first kappa shape index (κ1) is 18.1. The van der Waals surface area contributed by atoms with Crippen molar-refractivity contribution in [3.8, 4) is 11.6 Å². The molecule has 144 valence electrons. The number of benzene rings is 1. The zero-order valence-electron chi connectivity index (χ0n) is 15.4. The molecule has 4 rings (SSSR count). The fourth-order valence-corrected chi connectivity index (χ4v) is 3.67. The summed E-state index contributed by atoms with van der Waals surface area (Å²) in [4.78, 5) is 16.7. The monoisotopic (exact) mass is 398 g/mol. The van der Waals surface area contributed by atoms with Crippen molar-refractivity contribution in [1.29, 1.82) is 0 Å². The number of aromatic nitrogens is 5. The molecule has 9 nitrogen and oxygen atoms in total. The van der Waals surface area contributed by atoms with E-state index in [-0.39, 0.29) is 5.91 Å². The third kappa shape index (κ3) is 3.72. The quantitative estimate of drug-likeness (QED) is 0.510. The van der Waals surface area contributed by atoms with Crippen LogP contribution in [0.3, 0.4) is 0 Å². The lowest BCUT2D eigenvalue weighted by atomic mass is 10.2. The molecule has 3 aromatic heterocycles. The van der Waals surface area contributed by atoms with Gasteiger partial charge in [-0.15, -0.1) is 15.3 Å². The second kappa shape index (κ2) is 7.77. The summed E-state index contributed by atoms with van der Waals surface area (Å²) in [7, 11) is 3.18. The van der Waals surface area contributed by atoms with Gasteiger partial charge < -0.3 is 14.8 Å². The molecule has 0 aliphatic heterocycles. The number of carbonyl (C=O) groups excluding carboxylic acids is 1. The molecule has 0 saturated heterocycles. The maximum absolute atomic E-state index is 12.3. The minimum absolute atomic E-state index is 0.0922. The van der Waals surface area contributed by atoms with Crippen molar-refractivity contribution in [2.75, 3.05) is 19.5 Å². The van der Waals surface area contributed by atoms with Crippen LogP contribution in [0, 0.1) is 0 Å². The van der Waals surface area contributed by atoms with Gasteiger partial charge >= 0.3 is 0 Å². The van der Waals surface area contributed by atoms with Crippen molar-refractivity contribution in [2.45, 2.75) is 19.3 Å². The Morgan fingerprint density at radius 2 is 2.07 bits per heavy atom. The molecule has 0 aliphatic carbocycles. The first-order valence-corrected chi connectivity index (χ1v) is 9.47. The summed E-state index contributed by atoms with van der Waals surface area (Å²) in [5, 5.41) is 15.9. The number of methoxy groups -OCH3 is 2. The lowest BCUT2D eigenvalue weighted by Gasteiger charge is -2.02. The van der Waals surface area contributed by atoms with E-state index in [1.54, 1.807) is 30.9 Å². The molecule has 0 atom stereocenters. The van der Waals surface area contributed by atoms with Crippen LogP contribution in [-0.4, -0.2) is 44.9 Å². The van der Waals surface area contributed by atoms with E-state index < -0.39 is 0 Å². The van der Waals surface area contributed by atoms with Gasteiger partial charge in [0.1, 0.15) is 5.75 Å². The van der Waals surface area contributed by atoms with E-state index in [9.17, 15) is 4.79 Å². The molecule has 3 heterocycles. The van der Waals surface area contributed by atoms with Crippen molar-refractivity contribution in [2.24, 2.45) is 0 Å². The Morgan fingerprint density at radius 1 is 1.18 bits per heavy atom. The average molecular weight is 398 g/mol. The molecular weight excluding hydrogens is 380 g/mol. The van der Waals surface area contributed by atoms with Gasteiger partial charge in [-0.25, -0.2) is 4.98 Å². The standard InChI is InChI=1S/C18H18N6O3S/c1-26-11-6-7-12-13(10-11)28-18(19-12)20-16(25)5-3-4-14-21-22-15-8-9-17(27-2)23-24(14)15/h6-10H,3-5H2,1-2H3,(H,19,20,25). The third-order valence-corrected chi connectivity index (χ3v) is 5.09. The molecule has 0 unspecified atom stereocenters. The molecule has 0 bridgehead atoms. The smallest absolute Gasteiger partial charge is 0.231 e. The molecule has 1 aromatic carbocycles. The molecule has 28 heavy (non-hydrogen) atoms. The highest BCUT2D eigenvalue weighted by atomic mass is 32.1. The number of thiazole rings is 1. The zero-order chi connectivity index (χ0) is 19.5. The lowest BCUT2D eigenvalue weighted by molar-refractivity contribution is -0.116. The van der Waals surface area contributed by atoms with E-state index in [4.69, 9.17) is 9.47 Å². The SMILES string of the molecule is COc1ccc2nc(NC(=O)CCCc3nnc4ccc(OC)nn34)sc2c1. The normalized spacial score (nSPS) is 11.1. The molecule has 1 N–H and O–H groups in total. The topological polar surface area (TPSA) is 104 Å². The number of hydrogen-bond donors (Lipinski definition) is 1. The van der Waals surface area contributed by atoms with Crippen LogP contribution < -0.4 is 14.8 Å². The number of nitrogens with one attached hydrogen (secondary N) is 1. The maximum Gasteiger partial charge on any atom is 0.231 e. The molecule has 0 radical (unpaired) electrons. The molecule has 0 saturated carbocycles. The van der Waals surface area contributed by atoms with Crippen LogP contribution in [0.5, 0.6) is 11.6 Å². The number of rotatable bonds is 7. The fraction of sp³-hybridized carbons (Fsp3) is 0.278. The van der Waals surface area contributed by atoms with E-state index in [1.807, 2.05) is 18.2 Å². The van der Waals surface area contributed by atoms with Gasteiger partial charge in [0.2, 0.25) is 11.8 Å². The number of ether oxygens (including phenoxy) is 2. The number of aryl methyl sites for hydroxylation is 1. The van der Waals surface area contributed by atoms with Gasteiger partial charge in [0.05, 0.1) is 24.4 Å². The summed E-state index contributed by atoms with van der Waals surface area (Å²) in [5.74, 6) is 1.85. The van der Waals surface area contributed by atoms with Crippen LogP contribution in [0.4, 0.5) is 5.13 Å². The van der Waals surface area contributed by atoms with Gasteiger partial charge in [0.25, 0.3) is 0 Å². The first-order chi connectivity index (χ1) is 13.7. The molecule has 0 aliphatic rings. The van der Waals surface area contributed by atoms with Crippen LogP contribution >= 0.6 is 11.3 Å². The minimum atomic E-state index is -0.0922. The summed E-state index contributed by atoms with van der Waals surface area (Å²) >= 11 is 1.42. The van der Waals surface area contributed by atoms with Crippen molar-refractivity contribution in [1.82, 2.24) is 24.8 Å². The van der Waals surface area contributed by atoms with E-state index >= 15 is 0 Å². The van der Waals surface area contributed by atoms with Gasteiger partial charge in [0, 0.05) is 18.9 Å². The largest absolute Gasteiger partial charge is 0.497 e.